The second kappa shape index (κ2) is 8.22. The number of carbonyl (C=O) groups excluding carboxylic acids is 2. The van der Waals surface area contributed by atoms with Crippen LogP contribution >= 0.6 is 12.2 Å². The molecule has 0 radical (unpaired) electrons. The zero-order chi connectivity index (χ0) is 21.4. The van der Waals surface area contributed by atoms with E-state index in [2.05, 4.69) is 18.3 Å². The highest BCUT2D eigenvalue weighted by Gasteiger charge is 2.33. The molecule has 158 valence electrons. The van der Waals surface area contributed by atoms with Crippen molar-refractivity contribution in [3.8, 4) is 0 Å². The van der Waals surface area contributed by atoms with Gasteiger partial charge in [-0.3, -0.25) is 14.5 Å². The Morgan fingerprint density at radius 2 is 1.97 bits per heavy atom. The Bertz CT molecular complexity index is 1050. The molecule has 1 saturated carbocycles. The zero-order valence-corrected chi connectivity index (χ0v) is 18.6. The summed E-state index contributed by atoms with van der Waals surface area (Å²) in [5.41, 5.74) is 3.70. The summed E-state index contributed by atoms with van der Waals surface area (Å²) < 4.78 is 2.02. The van der Waals surface area contributed by atoms with E-state index in [1.807, 2.05) is 29.0 Å². The highest BCUT2D eigenvalue weighted by Crippen LogP contribution is 2.29. The topological polar surface area (TPSA) is 57.6 Å². The third kappa shape index (κ3) is 3.62. The van der Waals surface area contributed by atoms with Crippen molar-refractivity contribution in [3.63, 3.8) is 0 Å². The van der Waals surface area contributed by atoms with Gasteiger partial charge in [-0.1, -0.05) is 38.0 Å². The van der Waals surface area contributed by atoms with E-state index >= 15 is 0 Å². The van der Waals surface area contributed by atoms with E-state index in [0.717, 1.165) is 35.7 Å². The van der Waals surface area contributed by atoms with Gasteiger partial charge in [-0.25, -0.2) is 0 Å². The first-order valence-corrected chi connectivity index (χ1v) is 11.0. The van der Waals surface area contributed by atoms with E-state index in [0.29, 0.717) is 16.9 Å². The molecule has 2 fully saturated rings. The minimum absolute atomic E-state index is 0.0406. The predicted octanol–water partition coefficient (Wildman–Crippen LogP) is 3.29. The van der Waals surface area contributed by atoms with Gasteiger partial charge in [0.2, 0.25) is 5.91 Å². The highest BCUT2D eigenvalue weighted by atomic mass is 32.1. The Labute approximate surface area is 182 Å². The van der Waals surface area contributed by atoms with Crippen molar-refractivity contribution in [2.45, 2.75) is 51.6 Å². The number of para-hydroxylation sites is 1. The van der Waals surface area contributed by atoms with Gasteiger partial charge in [0, 0.05) is 37.3 Å². The van der Waals surface area contributed by atoms with E-state index < -0.39 is 0 Å². The fourth-order valence-corrected chi connectivity index (χ4v) is 4.71. The molecule has 0 spiro atoms. The molecule has 1 aromatic heterocycles. The number of hydrogen-bond donors (Lipinski definition) is 1. The highest BCUT2D eigenvalue weighted by molar-refractivity contribution is 7.80. The molecule has 4 rings (SSSR count). The van der Waals surface area contributed by atoms with Crippen molar-refractivity contribution in [3.05, 3.63) is 41.2 Å². The summed E-state index contributed by atoms with van der Waals surface area (Å²) in [5, 5.41) is 4.70. The van der Waals surface area contributed by atoms with Gasteiger partial charge in [0.1, 0.15) is 12.2 Å². The summed E-state index contributed by atoms with van der Waals surface area (Å²) in [6, 6.07) is 6.48. The summed E-state index contributed by atoms with van der Waals surface area (Å²) in [4.78, 5) is 28.6. The van der Waals surface area contributed by atoms with Gasteiger partial charge in [0.25, 0.3) is 5.91 Å². The number of rotatable bonds is 5. The number of thiocarbonyl (C=S) groups is 1. The van der Waals surface area contributed by atoms with Crippen LogP contribution in [-0.4, -0.2) is 51.4 Å². The number of nitrogens with zero attached hydrogens (tertiary/aromatic N) is 3. The lowest BCUT2D eigenvalue weighted by molar-refractivity contribution is -0.122. The summed E-state index contributed by atoms with van der Waals surface area (Å²) in [6.45, 7) is 2.39. The number of likely N-dealkylation sites (N-methyl/N-ethyl adjacent to an activating group) is 2. The summed E-state index contributed by atoms with van der Waals surface area (Å²) in [6.07, 6.45) is 9.24. The van der Waals surface area contributed by atoms with Crippen molar-refractivity contribution in [1.29, 1.82) is 0 Å². The Morgan fingerprint density at radius 1 is 1.23 bits per heavy atom. The zero-order valence-electron chi connectivity index (χ0n) is 17.8. The van der Waals surface area contributed by atoms with E-state index in [4.69, 9.17) is 12.2 Å². The molecule has 7 heteroatoms. The maximum absolute atomic E-state index is 12.7. The molecule has 2 heterocycles. The number of fused-ring (bicyclic) bond motifs is 1. The molecule has 1 aliphatic heterocycles. The Morgan fingerprint density at radius 3 is 2.60 bits per heavy atom. The first-order chi connectivity index (χ1) is 14.4. The second-order valence-electron chi connectivity index (χ2n) is 8.16. The van der Waals surface area contributed by atoms with Crippen molar-refractivity contribution in [2.75, 3.05) is 14.1 Å². The van der Waals surface area contributed by atoms with Gasteiger partial charge in [-0.15, -0.1) is 0 Å². The van der Waals surface area contributed by atoms with Crippen molar-refractivity contribution < 1.29 is 9.59 Å². The first-order valence-electron chi connectivity index (χ1n) is 10.6. The lowest BCUT2D eigenvalue weighted by Crippen LogP contribution is -2.35. The number of carbonyl (C=O) groups is 2. The summed E-state index contributed by atoms with van der Waals surface area (Å²) in [5.74, 6) is -0.0760. The lowest BCUT2D eigenvalue weighted by atomic mass is 10.1. The van der Waals surface area contributed by atoms with Crippen LogP contribution in [0.4, 0.5) is 0 Å². The monoisotopic (exact) mass is 424 g/mol. The van der Waals surface area contributed by atoms with Crippen LogP contribution in [0.25, 0.3) is 17.0 Å². The molecule has 2 aromatic rings. The molecule has 1 saturated heterocycles. The van der Waals surface area contributed by atoms with Crippen molar-refractivity contribution in [1.82, 2.24) is 19.7 Å². The molecule has 0 bridgehead atoms. The molecule has 1 aromatic carbocycles. The Kier molecular flexibility index (Phi) is 5.64. The molecular formula is C23H28N4O2S. The second-order valence-corrected chi connectivity index (χ2v) is 8.53. The molecule has 0 unspecified atom stereocenters. The van der Waals surface area contributed by atoms with Gasteiger partial charge in [-0.2, -0.15) is 0 Å². The number of benzene rings is 1. The van der Waals surface area contributed by atoms with Gasteiger partial charge >= 0.3 is 0 Å². The standard InChI is InChI=1S/C23H28N4O2S/c1-4-15-8-7-11-18-16(12-19-22(29)26(3)23(30)25(19)2)13-27(21(15)18)14-20(28)24-17-9-5-6-10-17/h7-8,11-13,17H,4-6,9-10,14H2,1-3H3,(H,24,28)/b19-12-. The Hall–Kier alpha value is -2.67. The van der Waals surface area contributed by atoms with Crippen LogP contribution in [0.3, 0.4) is 0 Å². The molecule has 2 aliphatic rings. The Balaban J connectivity index is 1.73. The molecule has 0 atom stereocenters. The SMILES string of the molecule is CCc1cccc2c(/C=C3/C(=O)N(C)C(=S)N3C)cn(CC(=O)NC3CCCC3)c12. The third-order valence-electron chi connectivity index (χ3n) is 6.18. The fraction of sp³-hybridized carbons (Fsp3) is 0.435. The quantitative estimate of drug-likeness (QED) is 0.591. The number of nitrogens with one attached hydrogen (secondary N) is 1. The molecule has 6 nitrogen and oxygen atoms in total. The van der Waals surface area contributed by atoms with Gasteiger partial charge in [-0.05, 0) is 43.1 Å². The number of amides is 2. The molecule has 1 N–H and O–H groups in total. The van der Waals surface area contributed by atoms with Gasteiger partial charge in [0.15, 0.2) is 5.11 Å². The van der Waals surface area contributed by atoms with Crippen molar-refractivity contribution in [2.24, 2.45) is 0 Å². The van der Waals surface area contributed by atoms with Crippen LogP contribution in [0.15, 0.2) is 30.1 Å². The molecular weight excluding hydrogens is 396 g/mol. The van der Waals surface area contributed by atoms with Crippen LogP contribution in [0, 0.1) is 0 Å². The minimum Gasteiger partial charge on any atom is -0.352 e. The van der Waals surface area contributed by atoms with E-state index in [1.54, 1.807) is 19.0 Å². The maximum Gasteiger partial charge on any atom is 0.276 e. The number of hydrogen-bond acceptors (Lipinski definition) is 3. The summed E-state index contributed by atoms with van der Waals surface area (Å²) in [7, 11) is 3.50. The number of aryl methyl sites for hydroxylation is 1. The van der Waals surface area contributed by atoms with E-state index in [9.17, 15) is 9.59 Å². The van der Waals surface area contributed by atoms with Crippen LogP contribution < -0.4 is 5.32 Å². The summed E-state index contributed by atoms with van der Waals surface area (Å²) >= 11 is 5.33. The number of aromatic nitrogens is 1. The maximum atomic E-state index is 12.7. The molecule has 2 amide bonds. The molecule has 30 heavy (non-hydrogen) atoms. The van der Waals surface area contributed by atoms with Crippen molar-refractivity contribution >= 4 is 46.1 Å². The largest absolute Gasteiger partial charge is 0.352 e. The average Bonchev–Trinajstić information content (AvgIpc) is 3.41. The third-order valence-corrected chi connectivity index (χ3v) is 6.73. The lowest BCUT2D eigenvalue weighted by Gasteiger charge is -2.13. The van der Waals surface area contributed by atoms with Crippen LogP contribution in [0.1, 0.15) is 43.7 Å². The predicted molar refractivity (Wildman–Crippen MR) is 123 cm³/mol. The molecule has 1 aliphatic carbocycles. The minimum atomic E-state index is -0.117. The van der Waals surface area contributed by atoms with Crippen LogP contribution in [-0.2, 0) is 22.6 Å². The van der Waals surface area contributed by atoms with Crippen LogP contribution in [0.5, 0.6) is 0 Å². The van der Waals surface area contributed by atoms with Crippen LogP contribution in [0.2, 0.25) is 0 Å². The average molecular weight is 425 g/mol. The first kappa shape index (κ1) is 20.6. The smallest absolute Gasteiger partial charge is 0.276 e. The fourth-order valence-electron chi connectivity index (χ4n) is 4.52. The van der Waals surface area contributed by atoms with E-state index in [1.165, 1.54) is 23.3 Å². The van der Waals surface area contributed by atoms with E-state index in [-0.39, 0.29) is 18.4 Å². The van der Waals surface area contributed by atoms with Gasteiger partial charge < -0.3 is 14.8 Å². The van der Waals surface area contributed by atoms with Gasteiger partial charge in [0.05, 0.1) is 5.52 Å². The normalized spacial score (nSPS) is 19.0.